The Morgan fingerprint density at radius 1 is 1.20 bits per heavy atom. The lowest BCUT2D eigenvalue weighted by molar-refractivity contribution is 0.113. The molecule has 0 spiro atoms. The summed E-state index contributed by atoms with van der Waals surface area (Å²) in [6.07, 6.45) is 6.91. The molecule has 1 N–H and O–H groups in total. The highest BCUT2D eigenvalue weighted by molar-refractivity contribution is 4.97. The molecular formula is C14H29N. The van der Waals surface area contributed by atoms with Crippen molar-refractivity contribution in [3.63, 3.8) is 0 Å². The molecule has 1 saturated carbocycles. The van der Waals surface area contributed by atoms with Crippen LogP contribution in [0.4, 0.5) is 0 Å². The van der Waals surface area contributed by atoms with E-state index in [1.54, 1.807) is 0 Å². The van der Waals surface area contributed by atoms with Crippen LogP contribution in [0.25, 0.3) is 0 Å². The molecule has 1 atom stereocenters. The van der Waals surface area contributed by atoms with Crippen LogP contribution in [0.2, 0.25) is 0 Å². The van der Waals surface area contributed by atoms with Gasteiger partial charge in [0.1, 0.15) is 0 Å². The average Bonchev–Trinajstić information content (AvgIpc) is 2.51. The van der Waals surface area contributed by atoms with E-state index in [9.17, 15) is 0 Å². The molecule has 1 aliphatic rings. The molecule has 15 heavy (non-hydrogen) atoms. The minimum Gasteiger partial charge on any atom is -0.313 e. The first kappa shape index (κ1) is 13.0. The maximum Gasteiger partial charge on any atom is 0.0169 e. The maximum atomic E-state index is 3.79. The fourth-order valence-corrected chi connectivity index (χ4v) is 3.36. The van der Waals surface area contributed by atoms with Crippen molar-refractivity contribution >= 4 is 0 Å². The van der Waals surface area contributed by atoms with Crippen molar-refractivity contribution in [1.82, 2.24) is 5.32 Å². The monoisotopic (exact) mass is 211 g/mol. The van der Waals surface area contributed by atoms with Crippen LogP contribution in [0.15, 0.2) is 0 Å². The lowest BCUT2D eigenvalue weighted by atomic mass is 9.69. The summed E-state index contributed by atoms with van der Waals surface area (Å²) >= 11 is 0. The van der Waals surface area contributed by atoms with Crippen LogP contribution in [0.3, 0.4) is 0 Å². The largest absolute Gasteiger partial charge is 0.313 e. The minimum absolute atomic E-state index is 0.383. The molecule has 1 aliphatic carbocycles. The summed E-state index contributed by atoms with van der Waals surface area (Å²) in [6, 6.07) is 0.674. The Morgan fingerprint density at radius 2 is 1.73 bits per heavy atom. The van der Waals surface area contributed by atoms with Gasteiger partial charge < -0.3 is 5.32 Å². The summed E-state index contributed by atoms with van der Waals surface area (Å²) in [7, 11) is 0. The predicted octanol–water partition coefficient (Wildman–Crippen LogP) is 3.98. The summed E-state index contributed by atoms with van der Waals surface area (Å²) in [5.41, 5.74) is 0.918. The quantitative estimate of drug-likeness (QED) is 0.741. The van der Waals surface area contributed by atoms with Crippen molar-refractivity contribution in [2.75, 3.05) is 6.54 Å². The van der Waals surface area contributed by atoms with Crippen LogP contribution in [0, 0.1) is 10.8 Å². The van der Waals surface area contributed by atoms with Crippen LogP contribution in [0.1, 0.15) is 66.7 Å². The Morgan fingerprint density at radius 3 is 2.13 bits per heavy atom. The van der Waals surface area contributed by atoms with Crippen LogP contribution in [-0.4, -0.2) is 12.6 Å². The Kier molecular flexibility index (Phi) is 4.22. The highest BCUT2D eigenvalue weighted by Gasteiger charge is 2.42. The first-order valence-corrected chi connectivity index (χ1v) is 6.63. The lowest BCUT2D eigenvalue weighted by Gasteiger charge is -2.43. The molecule has 1 heteroatoms. The second kappa shape index (κ2) is 4.86. The topological polar surface area (TPSA) is 12.0 Å². The molecule has 0 aromatic heterocycles. The van der Waals surface area contributed by atoms with Crippen molar-refractivity contribution in [2.45, 2.75) is 72.8 Å². The summed E-state index contributed by atoms with van der Waals surface area (Å²) in [5, 5.41) is 3.79. The Bertz CT molecular complexity index is 184. The molecule has 1 fully saturated rings. The first-order chi connectivity index (χ1) is 6.90. The van der Waals surface area contributed by atoms with Gasteiger partial charge in [-0.1, -0.05) is 47.5 Å². The third-order valence-electron chi connectivity index (χ3n) is 3.91. The van der Waals surface area contributed by atoms with E-state index in [1.165, 1.54) is 32.1 Å². The molecular weight excluding hydrogens is 182 g/mol. The van der Waals surface area contributed by atoms with E-state index >= 15 is 0 Å². The summed E-state index contributed by atoms with van der Waals surface area (Å²) in [5.74, 6) is 0. The normalized spacial score (nSPS) is 23.0. The van der Waals surface area contributed by atoms with Gasteiger partial charge in [0.15, 0.2) is 0 Å². The standard InChI is InChI=1S/C14H29N/c1-6-11-15-12(13(2,3)4)14(5)9-7-8-10-14/h12,15H,6-11H2,1-5H3. The fraction of sp³-hybridized carbons (Fsp3) is 1.00. The zero-order chi connectivity index (χ0) is 11.5. The molecule has 0 aromatic carbocycles. The molecule has 1 rings (SSSR count). The van der Waals surface area contributed by atoms with Gasteiger partial charge in [-0.05, 0) is 36.6 Å². The molecule has 0 aromatic rings. The molecule has 1 unspecified atom stereocenters. The van der Waals surface area contributed by atoms with Gasteiger partial charge in [0.2, 0.25) is 0 Å². The summed E-state index contributed by atoms with van der Waals surface area (Å²) < 4.78 is 0. The van der Waals surface area contributed by atoms with E-state index in [1.807, 2.05) is 0 Å². The predicted molar refractivity (Wildman–Crippen MR) is 68.1 cm³/mol. The summed E-state index contributed by atoms with van der Waals surface area (Å²) in [6.45, 7) is 13.0. The second-order valence-electron chi connectivity index (χ2n) is 6.61. The zero-order valence-corrected chi connectivity index (χ0v) is 11.3. The van der Waals surface area contributed by atoms with Gasteiger partial charge in [-0.25, -0.2) is 0 Å². The van der Waals surface area contributed by atoms with Crippen molar-refractivity contribution in [1.29, 1.82) is 0 Å². The summed E-state index contributed by atoms with van der Waals surface area (Å²) in [4.78, 5) is 0. The average molecular weight is 211 g/mol. The van der Waals surface area contributed by atoms with Gasteiger partial charge in [-0.3, -0.25) is 0 Å². The Hall–Kier alpha value is -0.0400. The van der Waals surface area contributed by atoms with Gasteiger partial charge in [-0.15, -0.1) is 0 Å². The van der Waals surface area contributed by atoms with E-state index in [-0.39, 0.29) is 0 Å². The number of hydrogen-bond donors (Lipinski definition) is 1. The number of hydrogen-bond acceptors (Lipinski definition) is 1. The molecule has 0 amide bonds. The number of nitrogens with one attached hydrogen (secondary N) is 1. The van der Waals surface area contributed by atoms with E-state index < -0.39 is 0 Å². The van der Waals surface area contributed by atoms with Gasteiger partial charge in [-0.2, -0.15) is 0 Å². The SMILES string of the molecule is CCCNC(C(C)(C)C)C1(C)CCCC1. The lowest BCUT2D eigenvalue weighted by Crippen LogP contribution is -2.50. The van der Waals surface area contributed by atoms with Crippen LogP contribution in [0.5, 0.6) is 0 Å². The Labute approximate surface area is 96.0 Å². The van der Waals surface area contributed by atoms with Crippen LogP contribution in [-0.2, 0) is 0 Å². The maximum absolute atomic E-state index is 3.79. The third-order valence-corrected chi connectivity index (χ3v) is 3.91. The highest BCUT2D eigenvalue weighted by atomic mass is 14.9. The van der Waals surface area contributed by atoms with E-state index in [0.29, 0.717) is 16.9 Å². The zero-order valence-electron chi connectivity index (χ0n) is 11.3. The minimum atomic E-state index is 0.383. The molecule has 0 heterocycles. The van der Waals surface area contributed by atoms with Gasteiger partial charge in [0.05, 0.1) is 0 Å². The van der Waals surface area contributed by atoms with Gasteiger partial charge in [0, 0.05) is 6.04 Å². The van der Waals surface area contributed by atoms with E-state index in [0.717, 1.165) is 6.54 Å². The molecule has 0 bridgehead atoms. The van der Waals surface area contributed by atoms with Crippen molar-refractivity contribution in [3.05, 3.63) is 0 Å². The smallest absolute Gasteiger partial charge is 0.0169 e. The van der Waals surface area contributed by atoms with E-state index in [2.05, 4.69) is 39.9 Å². The van der Waals surface area contributed by atoms with Gasteiger partial charge in [0.25, 0.3) is 0 Å². The fourth-order valence-electron chi connectivity index (χ4n) is 3.36. The van der Waals surface area contributed by atoms with Crippen molar-refractivity contribution < 1.29 is 0 Å². The molecule has 0 aliphatic heterocycles. The van der Waals surface area contributed by atoms with Crippen molar-refractivity contribution in [2.24, 2.45) is 10.8 Å². The molecule has 90 valence electrons. The number of rotatable bonds is 4. The van der Waals surface area contributed by atoms with Gasteiger partial charge >= 0.3 is 0 Å². The molecule has 0 radical (unpaired) electrons. The second-order valence-corrected chi connectivity index (χ2v) is 6.61. The molecule has 0 saturated heterocycles. The highest BCUT2D eigenvalue weighted by Crippen LogP contribution is 2.45. The van der Waals surface area contributed by atoms with E-state index in [4.69, 9.17) is 0 Å². The van der Waals surface area contributed by atoms with Crippen molar-refractivity contribution in [3.8, 4) is 0 Å². The Balaban J connectivity index is 2.71. The van der Waals surface area contributed by atoms with Crippen LogP contribution < -0.4 is 5.32 Å². The van der Waals surface area contributed by atoms with Crippen LogP contribution >= 0.6 is 0 Å². The first-order valence-electron chi connectivity index (χ1n) is 6.63. The molecule has 1 nitrogen and oxygen atoms in total. The third kappa shape index (κ3) is 3.21.